The van der Waals surface area contributed by atoms with Gasteiger partial charge in [-0.1, -0.05) is 12.1 Å². The molecule has 84 valence electrons. The minimum absolute atomic E-state index is 0.734. The summed E-state index contributed by atoms with van der Waals surface area (Å²) in [6.45, 7) is 1.68. The Morgan fingerprint density at radius 2 is 2.19 bits per heavy atom. The number of hydrogen-bond donors (Lipinski definition) is 0. The Bertz CT molecular complexity index is 428. The van der Waals surface area contributed by atoms with Crippen molar-refractivity contribution in [2.75, 3.05) is 6.61 Å². The summed E-state index contributed by atoms with van der Waals surface area (Å²) in [4.78, 5) is 3.99. The van der Waals surface area contributed by atoms with E-state index in [9.17, 15) is 0 Å². The van der Waals surface area contributed by atoms with Gasteiger partial charge in [0.2, 0.25) is 0 Å². The first-order chi connectivity index (χ1) is 7.86. The summed E-state index contributed by atoms with van der Waals surface area (Å²) in [5.74, 6) is 0.966. The lowest BCUT2D eigenvalue weighted by atomic mass is 10.3. The molecule has 0 amide bonds. The average molecular weight is 328 g/mol. The van der Waals surface area contributed by atoms with Crippen LogP contribution in [0.1, 0.15) is 6.42 Å². The smallest absolute Gasteiger partial charge is 0.132 e. The third-order valence-electron chi connectivity index (χ3n) is 2.21. The van der Waals surface area contributed by atoms with Gasteiger partial charge in [-0.15, -0.1) is 0 Å². The predicted molar refractivity (Wildman–Crippen MR) is 71.5 cm³/mol. The van der Waals surface area contributed by atoms with E-state index in [1.165, 1.54) is 0 Å². The second-order valence-electron chi connectivity index (χ2n) is 3.43. The van der Waals surface area contributed by atoms with Crippen LogP contribution in [0.15, 0.2) is 43.0 Å². The fourth-order valence-electron chi connectivity index (χ4n) is 1.41. The minimum atomic E-state index is 0.734. The number of benzene rings is 1. The van der Waals surface area contributed by atoms with Gasteiger partial charge < -0.3 is 9.30 Å². The molecule has 0 saturated carbocycles. The van der Waals surface area contributed by atoms with E-state index in [1.54, 1.807) is 6.20 Å². The molecule has 1 aromatic carbocycles. The quantitative estimate of drug-likeness (QED) is 0.623. The summed E-state index contributed by atoms with van der Waals surface area (Å²) in [5.41, 5.74) is 0. The van der Waals surface area contributed by atoms with E-state index in [2.05, 4.69) is 32.1 Å². The van der Waals surface area contributed by atoms with Gasteiger partial charge in [0.15, 0.2) is 0 Å². The summed E-state index contributed by atoms with van der Waals surface area (Å²) in [6, 6.07) is 8.05. The number of para-hydroxylation sites is 1. The molecule has 2 aromatic rings. The molecule has 1 heterocycles. The Labute approximate surface area is 109 Å². The monoisotopic (exact) mass is 328 g/mol. The van der Waals surface area contributed by atoms with Crippen LogP contribution in [0, 0.1) is 3.57 Å². The number of ether oxygens (including phenoxy) is 1. The minimum Gasteiger partial charge on any atom is -0.492 e. The van der Waals surface area contributed by atoms with Crippen molar-refractivity contribution in [1.29, 1.82) is 0 Å². The molecule has 0 aliphatic rings. The lowest BCUT2D eigenvalue weighted by Gasteiger charge is -2.07. The standard InChI is InChI=1S/C12H13IN2O/c13-11-4-1-2-5-12(11)16-9-3-7-15-8-6-14-10-15/h1-2,4-6,8,10H,3,7,9H2. The van der Waals surface area contributed by atoms with Crippen molar-refractivity contribution in [1.82, 2.24) is 9.55 Å². The maximum atomic E-state index is 5.69. The summed E-state index contributed by atoms with van der Waals surface area (Å²) < 4.78 is 8.90. The van der Waals surface area contributed by atoms with Crippen LogP contribution in [-0.2, 0) is 6.54 Å². The summed E-state index contributed by atoms with van der Waals surface area (Å²) in [6.07, 6.45) is 6.57. The molecule has 0 unspecified atom stereocenters. The van der Waals surface area contributed by atoms with Crippen molar-refractivity contribution >= 4 is 22.6 Å². The zero-order valence-electron chi connectivity index (χ0n) is 8.84. The number of hydrogen-bond acceptors (Lipinski definition) is 2. The van der Waals surface area contributed by atoms with Gasteiger partial charge in [0.25, 0.3) is 0 Å². The molecular weight excluding hydrogens is 315 g/mol. The van der Waals surface area contributed by atoms with Crippen LogP contribution in [0.3, 0.4) is 0 Å². The van der Waals surface area contributed by atoms with Crippen LogP contribution in [0.4, 0.5) is 0 Å². The van der Waals surface area contributed by atoms with Gasteiger partial charge in [-0.2, -0.15) is 0 Å². The molecule has 0 radical (unpaired) electrons. The lowest BCUT2D eigenvalue weighted by Crippen LogP contribution is -2.03. The molecule has 2 rings (SSSR count). The van der Waals surface area contributed by atoms with Crippen molar-refractivity contribution in [2.24, 2.45) is 0 Å². The van der Waals surface area contributed by atoms with Gasteiger partial charge in [0, 0.05) is 18.9 Å². The Hall–Kier alpha value is -1.04. The van der Waals surface area contributed by atoms with Gasteiger partial charge in [-0.05, 0) is 41.1 Å². The highest BCUT2D eigenvalue weighted by atomic mass is 127. The maximum Gasteiger partial charge on any atom is 0.132 e. The zero-order valence-corrected chi connectivity index (χ0v) is 11.0. The van der Waals surface area contributed by atoms with Crippen LogP contribution < -0.4 is 4.74 Å². The van der Waals surface area contributed by atoms with Crippen LogP contribution in [-0.4, -0.2) is 16.2 Å². The summed E-state index contributed by atoms with van der Waals surface area (Å²) in [7, 11) is 0. The SMILES string of the molecule is Ic1ccccc1OCCCn1ccnc1. The Balaban J connectivity index is 1.74. The van der Waals surface area contributed by atoms with Crippen LogP contribution >= 0.6 is 22.6 Å². The molecule has 0 bridgehead atoms. The van der Waals surface area contributed by atoms with E-state index in [1.807, 2.05) is 36.8 Å². The highest BCUT2D eigenvalue weighted by Gasteiger charge is 1.98. The van der Waals surface area contributed by atoms with Gasteiger partial charge >= 0.3 is 0 Å². The van der Waals surface area contributed by atoms with E-state index in [4.69, 9.17) is 4.74 Å². The molecule has 0 aliphatic carbocycles. The molecule has 0 saturated heterocycles. The topological polar surface area (TPSA) is 27.1 Å². The van der Waals surface area contributed by atoms with E-state index in [0.717, 1.165) is 28.9 Å². The van der Waals surface area contributed by atoms with Crippen LogP contribution in [0.25, 0.3) is 0 Å². The number of aromatic nitrogens is 2. The Kier molecular flexibility index (Phi) is 4.21. The number of halogens is 1. The lowest BCUT2D eigenvalue weighted by molar-refractivity contribution is 0.300. The molecule has 0 N–H and O–H groups in total. The van der Waals surface area contributed by atoms with E-state index < -0.39 is 0 Å². The maximum absolute atomic E-state index is 5.69. The average Bonchev–Trinajstić information content (AvgIpc) is 2.79. The first-order valence-corrected chi connectivity index (χ1v) is 6.27. The highest BCUT2D eigenvalue weighted by Crippen LogP contribution is 2.19. The second kappa shape index (κ2) is 5.89. The number of imidazole rings is 1. The normalized spacial score (nSPS) is 10.3. The fraction of sp³-hybridized carbons (Fsp3) is 0.250. The first kappa shape index (κ1) is 11.4. The fourth-order valence-corrected chi connectivity index (χ4v) is 1.95. The van der Waals surface area contributed by atoms with Crippen molar-refractivity contribution in [3.63, 3.8) is 0 Å². The molecule has 16 heavy (non-hydrogen) atoms. The van der Waals surface area contributed by atoms with Crippen LogP contribution in [0.2, 0.25) is 0 Å². The number of nitrogens with zero attached hydrogens (tertiary/aromatic N) is 2. The molecule has 3 nitrogen and oxygen atoms in total. The van der Waals surface area contributed by atoms with Crippen molar-refractivity contribution < 1.29 is 4.74 Å². The number of rotatable bonds is 5. The molecule has 0 spiro atoms. The number of aryl methyl sites for hydroxylation is 1. The van der Waals surface area contributed by atoms with E-state index in [0.29, 0.717) is 0 Å². The van der Waals surface area contributed by atoms with Gasteiger partial charge in [-0.25, -0.2) is 4.98 Å². The third-order valence-corrected chi connectivity index (χ3v) is 3.11. The zero-order chi connectivity index (χ0) is 11.2. The van der Waals surface area contributed by atoms with Crippen molar-refractivity contribution in [2.45, 2.75) is 13.0 Å². The molecule has 0 fully saturated rings. The Morgan fingerprint density at radius 3 is 2.94 bits per heavy atom. The highest BCUT2D eigenvalue weighted by molar-refractivity contribution is 14.1. The molecule has 0 aliphatic heterocycles. The van der Waals surface area contributed by atoms with E-state index in [-0.39, 0.29) is 0 Å². The molecular formula is C12H13IN2O. The van der Waals surface area contributed by atoms with E-state index >= 15 is 0 Å². The molecule has 0 atom stereocenters. The van der Waals surface area contributed by atoms with Gasteiger partial charge in [0.1, 0.15) is 5.75 Å². The van der Waals surface area contributed by atoms with Gasteiger partial charge in [0.05, 0.1) is 16.5 Å². The predicted octanol–water partition coefficient (Wildman–Crippen LogP) is 2.96. The molecule has 4 heteroatoms. The van der Waals surface area contributed by atoms with Crippen LogP contribution in [0.5, 0.6) is 5.75 Å². The van der Waals surface area contributed by atoms with Crippen molar-refractivity contribution in [3.05, 3.63) is 46.6 Å². The van der Waals surface area contributed by atoms with Crippen molar-refractivity contribution in [3.8, 4) is 5.75 Å². The first-order valence-electron chi connectivity index (χ1n) is 5.19. The largest absolute Gasteiger partial charge is 0.492 e. The second-order valence-corrected chi connectivity index (χ2v) is 4.60. The Morgan fingerprint density at radius 1 is 1.31 bits per heavy atom. The van der Waals surface area contributed by atoms with Gasteiger partial charge in [-0.3, -0.25) is 0 Å². The third kappa shape index (κ3) is 3.23. The molecule has 1 aromatic heterocycles. The summed E-state index contributed by atoms with van der Waals surface area (Å²) in [5, 5.41) is 0. The summed E-state index contributed by atoms with van der Waals surface area (Å²) >= 11 is 2.28.